The van der Waals surface area contributed by atoms with Crippen molar-refractivity contribution in [2.24, 2.45) is 0 Å². The standard InChI is InChI=1S/C26H32FNO4/c1-25-16-20(18-6-4-3-5-7-18)17-26(32-25,14-15-29)13-12-22(23(25)30)28(2)24(31)19-8-10-21(27)11-9-19/h3-11,20,22-23,29-30H,12-17H2,1-2H3/t20-,22+,23-,25+,26-/m1/s1. The van der Waals surface area contributed by atoms with Gasteiger partial charge < -0.3 is 19.8 Å². The van der Waals surface area contributed by atoms with Gasteiger partial charge in [0.1, 0.15) is 11.9 Å². The Morgan fingerprint density at radius 1 is 1.16 bits per heavy atom. The van der Waals surface area contributed by atoms with Gasteiger partial charge in [-0.15, -0.1) is 0 Å². The van der Waals surface area contributed by atoms with Crippen LogP contribution in [0.2, 0.25) is 0 Å². The number of fused-ring (bicyclic) bond motifs is 2. The van der Waals surface area contributed by atoms with Crippen LogP contribution in [0.5, 0.6) is 0 Å². The van der Waals surface area contributed by atoms with E-state index in [1.54, 1.807) is 11.9 Å². The molecule has 2 aliphatic rings. The van der Waals surface area contributed by atoms with Gasteiger partial charge in [-0.1, -0.05) is 30.3 Å². The molecule has 2 aliphatic heterocycles. The Kier molecular flexibility index (Phi) is 6.39. The van der Waals surface area contributed by atoms with Crippen LogP contribution in [0.1, 0.15) is 60.9 Å². The molecular formula is C26H32FNO4. The van der Waals surface area contributed by atoms with Crippen molar-refractivity contribution in [3.63, 3.8) is 0 Å². The molecule has 6 heteroatoms. The van der Waals surface area contributed by atoms with Gasteiger partial charge in [0.15, 0.2) is 0 Å². The number of aliphatic hydroxyl groups is 2. The van der Waals surface area contributed by atoms with E-state index in [4.69, 9.17) is 4.74 Å². The molecule has 0 radical (unpaired) electrons. The molecule has 2 aromatic rings. The molecule has 32 heavy (non-hydrogen) atoms. The zero-order chi connectivity index (χ0) is 22.9. The number of rotatable bonds is 5. The second kappa shape index (κ2) is 8.93. The fourth-order valence-corrected chi connectivity index (χ4v) is 5.69. The average Bonchev–Trinajstić information content (AvgIpc) is 2.86. The topological polar surface area (TPSA) is 70.0 Å². The maximum atomic E-state index is 13.3. The Hall–Kier alpha value is -2.28. The van der Waals surface area contributed by atoms with E-state index < -0.39 is 29.2 Å². The first-order valence-corrected chi connectivity index (χ1v) is 11.3. The van der Waals surface area contributed by atoms with Crippen molar-refractivity contribution in [3.05, 3.63) is 71.5 Å². The summed E-state index contributed by atoms with van der Waals surface area (Å²) in [6.07, 6.45) is 2.17. The van der Waals surface area contributed by atoms with Gasteiger partial charge in [-0.2, -0.15) is 0 Å². The molecule has 0 saturated carbocycles. The number of hydrogen-bond acceptors (Lipinski definition) is 4. The molecule has 0 spiro atoms. The molecule has 2 heterocycles. The highest BCUT2D eigenvalue weighted by molar-refractivity contribution is 5.94. The summed E-state index contributed by atoms with van der Waals surface area (Å²) in [7, 11) is 1.69. The van der Waals surface area contributed by atoms with Crippen molar-refractivity contribution in [3.8, 4) is 0 Å². The van der Waals surface area contributed by atoms with Gasteiger partial charge in [-0.3, -0.25) is 4.79 Å². The van der Waals surface area contributed by atoms with E-state index in [0.717, 1.165) is 6.42 Å². The number of carbonyl (C=O) groups is 1. The Labute approximate surface area is 188 Å². The van der Waals surface area contributed by atoms with Gasteiger partial charge in [0.2, 0.25) is 0 Å². The predicted molar refractivity (Wildman–Crippen MR) is 120 cm³/mol. The fraction of sp³-hybridized carbons (Fsp3) is 0.500. The fourth-order valence-electron chi connectivity index (χ4n) is 5.69. The van der Waals surface area contributed by atoms with Gasteiger partial charge in [-0.05, 0) is 74.8 Å². The van der Waals surface area contributed by atoms with E-state index >= 15 is 0 Å². The summed E-state index contributed by atoms with van der Waals surface area (Å²) >= 11 is 0. The average molecular weight is 442 g/mol. The van der Waals surface area contributed by atoms with E-state index in [-0.39, 0.29) is 18.4 Å². The highest BCUT2D eigenvalue weighted by atomic mass is 19.1. The SMILES string of the molecule is CN(C(=O)c1ccc(F)cc1)[C@H]1CC[C@@]2(CCO)C[C@H](c3ccccc3)C[C@](C)(O2)[C@@H]1O. The minimum atomic E-state index is -0.899. The maximum absolute atomic E-state index is 13.3. The molecule has 2 N–H and O–H groups in total. The number of aliphatic hydroxyl groups excluding tert-OH is 2. The molecule has 172 valence electrons. The first-order chi connectivity index (χ1) is 15.3. The lowest BCUT2D eigenvalue weighted by Gasteiger charge is -2.50. The Bertz CT molecular complexity index is 937. The molecule has 5 atom stereocenters. The monoisotopic (exact) mass is 441 g/mol. The first kappa shape index (κ1) is 22.9. The molecule has 2 saturated heterocycles. The minimum Gasteiger partial charge on any atom is -0.396 e. The highest BCUT2D eigenvalue weighted by Gasteiger charge is 2.55. The number of ether oxygens (including phenoxy) is 1. The third-order valence-corrected chi connectivity index (χ3v) is 7.35. The van der Waals surface area contributed by atoms with Crippen molar-refractivity contribution in [2.75, 3.05) is 13.7 Å². The van der Waals surface area contributed by atoms with Gasteiger partial charge in [0.05, 0.1) is 17.2 Å². The van der Waals surface area contributed by atoms with Gasteiger partial charge >= 0.3 is 0 Å². The van der Waals surface area contributed by atoms with Crippen molar-refractivity contribution in [1.82, 2.24) is 4.90 Å². The smallest absolute Gasteiger partial charge is 0.253 e. The number of carbonyl (C=O) groups excluding carboxylic acids is 1. The van der Waals surface area contributed by atoms with Crippen molar-refractivity contribution >= 4 is 5.91 Å². The zero-order valence-electron chi connectivity index (χ0n) is 18.7. The molecule has 5 nitrogen and oxygen atoms in total. The molecule has 1 amide bonds. The quantitative estimate of drug-likeness (QED) is 0.739. The summed E-state index contributed by atoms with van der Waals surface area (Å²) in [6.45, 7) is 1.93. The van der Waals surface area contributed by atoms with Crippen LogP contribution in [0.15, 0.2) is 54.6 Å². The van der Waals surface area contributed by atoms with E-state index in [9.17, 15) is 19.4 Å². The van der Waals surface area contributed by atoms with Crippen LogP contribution in [0.25, 0.3) is 0 Å². The van der Waals surface area contributed by atoms with E-state index in [1.165, 1.54) is 29.8 Å². The number of nitrogens with zero attached hydrogens (tertiary/aromatic N) is 1. The lowest BCUT2D eigenvalue weighted by molar-refractivity contribution is -0.225. The molecule has 2 bridgehead atoms. The molecule has 2 fully saturated rings. The van der Waals surface area contributed by atoms with Crippen LogP contribution in [-0.2, 0) is 4.74 Å². The Morgan fingerprint density at radius 2 is 1.84 bits per heavy atom. The van der Waals surface area contributed by atoms with Crippen molar-refractivity contribution < 1.29 is 24.1 Å². The van der Waals surface area contributed by atoms with Crippen molar-refractivity contribution in [2.45, 2.75) is 68.3 Å². The summed E-state index contributed by atoms with van der Waals surface area (Å²) in [6, 6.07) is 15.2. The number of likely N-dealkylation sites (N-methyl/N-ethyl adjacent to an activating group) is 1. The zero-order valence-corrected chi connectivity index (χ0v) is 18.7. The molecule has 2 aromatic carbocycles. The van der Waals surface area contributed by atoms with Gasteiger partial charge in [0.25, 0.3) is 5.91 Å². The second-order valence-electron chi connectivity index (χ2n) is 9.56. The van der Waals surface area contributed by atoms with Gasteiger partial charge in [-0.25, -0.2) is 4.39 Å². The van der Waals surface area contributed by atoms with Crippen LogP contribution < -0.4 is 0 Å². The Morgan fingerprint density at radius 3 is 2.50 bits per heavy atom. The maximum Gasteiger partial charge on any atom is 0.253 e. The molecule has 0 aliphatic carbocycles. The number of halogens is 1. The number of hydrogen-bond donors (Lipinski definition) is 2. The van der Waals surface area contributed by atoms with Crippen LogP contribution in [-0.4, -0.2) is 58.0 Å². The third kappa shape index (κ3) is 4.32. The predicted octanol–water partition coefficient (Wildman–Crippen LogP) is 3.90. The summed E-state index contributed by atoms with van der Waals surface area (Å²) in [4.78, 5) is 14.7. The van der Waals surface area contributed by atoms with Gasteiger partial charge in [0, 0.05) is 19.2 Å². The minimum absolute atomic E-state index is 0.00268. The van der Waals surface area contributed by atoms with E-state index in [0.29, 0.717) is 31.2 Å². The highest BCUT2D eigenvalue weighted by Crippen LogP contribution is 2.51. The van der Waals surface area contributed by atoms with E-state index in [2.05, 4.69) is 12.1 Å². The first-order valence-electron chi connectivity index (χ1n) is 11.3. The Balaban J connectivity index is 1.65. The number of amides is 1. The summed E-state index contributed by atoms with van der Waals surface area (Å²) < 4.78 is 19.9. The molecular weight excluding hydrogens is 409 g/mol. The lowest BCUT2D eigenvalue weighted by Crippen LogP contribution is -2.58. The third-order valence-electron chi connectivity index (χ3n) is 7.35. The van der Waals surface area contributed by atoms with Crippen molar-refractivity contribution in [1.29, 1.82) is 0 Å². The summed E-state index contributed by atoms with van der Waals surface area (Å²) in [5.74, 6) is -0.468. The van der Waals surface area contributed by atoms with E-state index in [1.807, 2.05) is 25.1 Å². The van der Waals surface area contributed by atoms with Crippen LogP contribution in [0.4, 0.5) is 4.39 Å². The van der Waals surface area contributed by atoms with Crippen LogP contribution in [0.3, 0.4) is 0 Å². The summed E-state index contributed by atoms with van der Waals surface area (Å²) in [5.41, 5.74) is 0.154. The van der Waals surface area contributed by atoms with Crippen LogP contribution in [0, 0.1) is 5.82 Å². The van der Waals surface area contributed by atoms with Crippen LogP contribution >= 0.6 is 0 Å². The summed E-state index contributed by atoms with van der Waals surface area (Å²) in [5, 5.41) is 21.4. The molecule has 0 unspecified atom stereocenters. The normalized spacial score (nSPS) is 32.2. The number of benzene rings is 2. The largest absolute Gasteiger partial charge is 0.396 e. The lowest BCUT2D eigenvalue weighted by atomic mass is 9.73. The molecule has 0 aromatic heterocycles. The second-order valence-corrected chi connectivity index (χ2v) is 9.56. The molecule has 4 rings (SSSR count).